The first-order valence-electron chi connectivity index (χ1n) is 6.43. The van der Waals surface area contributed by atoms with Crippen LogP contribution in [0.3, 0.4) is 0 Å². The molecule has 6 heteroatoms. The maximum atomic E-state index is 11.7. The van der Waals surface area contributed by atoms with Crippen LogP contribution in [0.5, 0.6) is 0 Å². The Morgan fingerprint density at radius 2 is 2.11 bits per heavy atom. The Balaban J connectivity index is 1.82. The molecule has 0 aromatic rings. The molecule has 0 bridgehead atoms. The van der Waals surface area contributed by atoms with Gasteiger partial charge < -0.3 is 4.90 Å². The Morgan fingerprint density at radius 3 is 2.72 bits per heavy atom. The molecule has 1 unspecified atom stereocenters. The van der Waals surface area contributed by atoms with E-state index in [4.69, 9.17) is 0 Å². The zero-order valence-electron chi connectivity index (χ0n) is 10.5. The first-order chi connectivity index (χ1) is 8.53. The van der Waals surface area contributed by atoms with E-state index in [0.717, 1.165) is 32.2 Å². The minimum atomic E-state index is -3.10. The Kier molecular flexibility index (Phi) is 4.07. The van der Waals surface area contributed by atoms with Crippen molar-refractivity contribution in [3.05, 3.63) is 12.7 Å². The molecule has 1 saturated heterocycles. The predicted octanol–water partition coefficient (Wildman–Crippen LogP) is 0.493. The Labute approximate surface area is 108 Å². The normalized spacial score (nSPS) is 24.9. The van der Waals surface area contributed by atoms with Gasteiger partial charge in [0.05, 0.1) is 5.25 Å². The van der Waals surface area contributed by atoms with Crippen LogP contribution in [-0.2, 0) is 14.8 Å². The van der Waals surface area contributed by atoms with E-state index in [1.165, 1.54) is 6.08 Å². The highest BCUT2D eigenvalue weighted by Gasteiger charge is 2.36. The zero-order valence-corrected chi connectivity index (χ0v) is 11.3. The lowest BCUT2D eigenvalue weighted by Gasteiger charge is -2.32. The van der Waals surface area contributed by atoms with E-state index in [0.29, 0.717) is 13.1 Å². The molecule has 18 heavy (non-hydrogen) atoms. The van der Waals surface area contributed by atoms with E-state index in [-0.39, 0.29) is 17.1 Å². The molecule has 1 saturated carbocycles. The van der Waals surface area contributed by atoms with Crippen LogP contribution in [0.4, 0.5) is 0 Å². The van der Waals surface area contributed by atoms with Crippen molar-refractivity contribution in [2.75, 3.05) is 19.6 Å². The van der Waals surface area contributed by atoms with Gasteiger partial charge in [0, 0.05) is 19.6 Å². The molecule has 0 radical (unpaired) electrons. The molecule has 1 heterocycles. The standard InChI is InChI=1S/C12H20N2O3S/c1-2-12(15)14-7-3-4-10(9-14)8-13-18(16,17)11-5-6-11/h2,10-11,13H,1,3-9H2. The summed E-state index contributed by atoms with van der Waals surface area (Å²) in [5.41, 5.74) is 0. The van der Waals surface area contributed by atoms with Gasteiger partial charge in [0.2, 0.25) is 15.9 Å². The number of nitrogens with zero attached hydrogens (tertiary/aromatic N) is 1. The highest BCUT2D eigenvalue weighted by Crippen LogP contribution is 2.27. The van der Waals surface area contributed by atoms with Gasteiger partial charge in [-0.15, -0.1) is 0 Å². The zero-order chi connectivity index (χ0) is 13.2. The molecule has 2 aliphatic rings. The largest absolute Gasteiger partial charge is 0.339 e. The van der Waals surface area contributed by atoms with Gasteiger partial charge in [0.25, 0.3) is 0 Å². The van der Waals surface area contributed by atoms with Crippen molar-refractivity contribution in [2.45, 2.75) is 30.9 Å². The lowest BCUT2D eigenvalue weighted by Crippen LogP contribution is -2.43. The molecule has 0 aromatic carbocycles. The van der Waals surface area contributed by atoms with Crippen LogP contribution in [0.15, 0.2) is 12.7 Å². The van der Waals surface area contributed by atoms with Crippen LogP contribution in [-0.4, -0.2) is 44.1 Å². The molecule has 2 rings (SSSR count). The van der Waals surface area contributed by atoms with Crippen molar-refractivity contribution in [3.8, 4) is 0 Å². The lowest BCUT2D eigenvalue weighted by molar-refractivity contribution is -0.127. The molecule has 0 aromatic heterocycles. The Bertz CT molecular complexity index is 429. The number of rotatable bonds is 5. The Hall–Kier alpha value is -0.880. The molecule has 1 N–H and O–H groups in total. The van der Waals surface area contributed by atoms with Crippen LogP contribution in [0.2, 0.25) is 0 Å². The first-order valence-corrected chi connectivity index (χ1v) is 7.97. The van der Waals surface area contributed by atoms with Crippen molar-refractivity contribution < 1.29 is 13.2 Å². The van der Waals surface area contributed by atoms with Crippen molar-refractivity contribution in [1.82, 2.24) is 9.62 Å². The number of nitrogens with one attached hydrogen (secondary N) is 1. The second-order valence-electron chi connectivity index (χ2n) is 5.09. The van der Waals surface area contributed by atoms with E-state index in [1.54, 1.807) is 4.90 Å². The average molecular weight is 272 g/mol. The maximum Gasteiger partial charge on any atom is 0.245 e. The van der Waals surface area contributed by atoms with Gasteiger partial charge in [-0.3, -0.25) is 4.79 Å². The third kappa shape index (κ3) is 3.32. The summed E-state index contributed by atoms with van der Waals surface area (Å²) in [6.07, 6.45) is 4.77. The van der Waals surface area contributed by atoms with Gasteiger partial charge in [0.1, 0.15) is 0 Å². The molecule has 1 aliphatic carbocycles. The fourth-order valence-corrected chi connectivity index (χ4v) is 3.75. The number of likely N-dealkylation sites (tertiary alicyclic amines) is 1. The second kappa shape index (κ2) is 5.40. The maximum absolute atomic E-state index is 11.7. The van der Waals surface area contributed by atoms with E-state index >= 15 is 0 Å². The van der Waals surface area contributed by atoms with Crippen LogP contribution < -0.4 is 4.72 Å². The summed E-state index contributed by atoms with van der Waals surface area (Å²) in [6, 6.07) is 0. The smallest absolute Gasteiger partial charge is 0.245 e. The highest BCUT2D eigenvalue weighted by molar-refractivity contribution is 7.90. The van der Waals surface area contributed by atoms with Gasteiger partial charge in [-0.25, -0.2) is 13.1 Å². The van der Waals surface area contributed by atoms with E-state index in [2.05, 4.69) is 11.3 Å². The number of piperidine rings is 1. The van der Waals surface area contributed by atoms with Crippen molar-refractivity contribution in [3.63, 3.8) is 0 Å². The third-order valence-corrected chi connectivity index (χ3v) is 5.46. The van der Waals surface area contributed by atoms with Crippen LogP contribution in [0.1, 0.15) is 25.7 Å². The highest BCUT2D eigenvalue weighted by atomic mass is 32.2. The lowest BCUT2D eigenvalue weighted by atomic mass is 9.98. The van der Waals surface area contributed by atoms with E-state index in [9.17, 15) is 13.2 Å². The fraction of sp³-hybridized carbons (Fsp3) is 0.750. The molecule has 1 atom stereocenters. The van der Waals surface area contributed by atoms with Gasteiger partial charge >= 0.3 is 0 Å². The molecule has 2 fully saturated rings. The van der Waals surface area contributed by atoms with Gasteiger partial charge in [-0.05, 0) is 37.7 Å². The molecule has 0 spiro atoms. The molecular formula is C12H20N2O3S. The van der Waals surface area contributed by atoms with Gasteiger partial charge in [-0.1, -0.05) is 6.58 Å². The minimum Gasteiger partial charge on any atom is -0.339 e. The number of amides is 1. The third-order valence-electron chi connectivity index (χ3n) is 3.54. The van der Waals surface area contributed by atoms with Gasteiger partial charge in [-0.2, -0.15) is 0 Å². The minimum absolute atomic E-state index is 0.0650. The summed E-state index contributed by atoms with van der Waals surface area (Å²) in [5.74, 6) is 0.154. The second-order valence-corrected chi connectivity index (χ2v) is 7.13. The van der Waals surface area contributed by atoms with Crippen molar-refractivity contribution >= 4 is 15.9 Å². The average Bonchev–Trinajstić information content (AvgIpc) is 3.20. The number of carbonyl (C=O) groups is 1. The van der Waals surface area contributed by atoms with Gasteiger partial charge in [0.15, 0.2) is 0 Å². The molecular weight excluding hydrogens is 252 g/mol. The van der Waals surface area contributed by atoms with E-state index < -0.39 is 10.0 Å². The molecule has 1 aliphatic heterocycles. The number of sulfonamides is 1. The number of hydrogen-bond acceptors (Lipinski definition) is 3. The molecule has 5 nitrogen and oxygen atoms in total. The topological polar surface area (TPSA) is 66.5 Å². The summed E-state index contributed by atoms with van der Waals surface area (Å²) in [4.78, 5) is 13.2. The van der Waals surface area contributed by atoms with Crippen molar-refractivity contribution in [2.24, 2.45) is 5.92 Å². The number of hydrogen-bond donors (Lipinski definition) is 1. The summed E-state index contributed by atoms with van der Waals surface area (Å²) < 4.78 is 26.1. The fourth-order valence-electron chi connectivity index (χ4n) is 2.29. The molecule has 1 amide bonds. The Morgan fingerprint density at radius 1 is 1.39 bits per heavy atom. The quantitative estimate of drug-likeness (QED) is 0.741. The number of carbonyl (C=O) groups excluding carboxylic acids is 1. The van der Waals surface area contributed by atoms with Crippen LogP contribution in [0.25, 0.3) is 0 Å². The summed E-state index contributed by atoms with van der Waals surface area (Å²) in [7, 11) is -3.10. The summed E-state index contributed by atoms with van der Waals surface area (Å²) in [6.45, 7) is 5.29. The molecule has 102 valence electrons. The predicted molar refractivity (Wildman–Crippen MR) is 69.4 cm³/mol. The summed E-state index contributed by atoms with van der Waals surface area (Å²) in [5, 5.41) is -0.174. The van der Waals surface area contributed by atoms with Crippen molar-refractivity contribution in [1.29, 1.82) is 0 Å². The monoisotopic (exact) mass is 272 g/mol. The van der Waals surface area contributed by atoms with Crippen LogP contribution in [0, 0.1) is 5.92 Å². The van der Waals surface area contributed by atoms with Crippen LogP contribution >= 0.6 is 0 Å². The SMILES string of the molecule is C=CC(=O)N1CCCC(CNS(=O)(=O)C2CC2)C1. The van der Waals surface area contributed by atoms with E-state index in [1.807, 2.05) is 0 Å². The first kappa shape index (κ1) is 13.5. The summed E-state index contributed by atoms with van der Waals surface area (Å²) >= 11 is 0.